The Morgan fingerprint density at radius 3 is 2.89 bits per heavy atom. The molecule has 0 spiro atoms. The van der Waals surface area contributed by atoms with Gasteiger partial charge < -0.3 is 5.73 Å². The molecule has 0 aromatic carbocycles. The summed E-state index contributed by atoms with van der Waals surface area (Å²) in [4.78, 5) is 16.9. The minimum absolute atomic E-state index is 0.236. The Morgan fingerprint density at radius 2 is 2.33 bits per heavy atom. The summed E-state index contributed by atoms with van der Waals surface area (Å²) in [7, 11) is 1.77. The van der Waals surface area contributed by atoms with Gasteiger partial charge in [0.15, 0.2) is 0 Å². The van der Waals surface area contributed by atoms with Gasteiger partial charge in [-0.15, -0.1) is 0 Å². The van der Waals surface area contributed by atoms with Crippen molar-refractivity contribution in [3.63, 3.8) is 0 Å². The fraction of sp³-hybridized carbons (Fsp3) is 0.692. The molecule has 102 valence electrons. The van der Waals surface area contributed by atoms with Gasteiger partial charge in [0, 0.05) is 26.2 Å². The summed E-state index contributed by atoms with van der Waals surface area (Å²) >= 11 is 4.86. The van der Waals surface area contributed by atoms with Crippen molar-refractivity contribution in [1.29, 1.82) is 0 Å². The van der Waals surface area contributed by atoms with Crippen LogP contribution in [0, 0.1) is 0 Å². The van der Waals surface area contributed by atoms with E-state index in [1.165, 1.54) is 0 Å². The molecule has 2 N–H and O–H groups in total. The van der Waals surface area contributed by atoms with E-state index in [9.17, 15) is 4.79 Å². The number of hydrogen-bond donors (Lipinski definition) is 2. The molecule has 0 aromatic heterocycles. The first kappa shape index (κ1) is 15.2. The first-order valence-electron chi connectivity index (χ1n) is 6.39. The molecule has 1 atom stereocenters. The molecule has 1 unspecified atom stereocenters. The zero-order chi connectivity index (χ0) is 13.6. The number of aliphatic imine (C=N–C) groups is 1. The van der Waals surface area contributed by atoms with Crippen LogP contribution in [0.5, 0.6) is 0 Å². The fourth-order valence-electron chi connectivity index (χ4n) is 2.48. The topological polar surface area (TPSA) is 58.7 Å². The van der Waals surface area contributed by atoms with Gasteiger partial charge in [0.1, 0.15) is 0 Å². The van der Waals surface area contributed by atoms with Crippen LogP contribution in [0.15, 0.2) is 16.6 Å². The lowest BCUT2D eigenvalue weighted by Gasteiger charge is -2.35. The summed E-state index contributed by atoms with van der Waals surface area (Å²) in [5, 5.41) is 0. The van der Waals surface area contributed by atoms with E-state index in [1.54, 1.807) is 7.05 Å². The third kappa shape index (κ3) is 3.59. The average Bonchev–Trinajstić information content (AvgIpc) is 2.68. The molecule has 0 saturated carbocycles. The predicted molar refractivity (Wildman–Crippen MR) is 79.1 cm³/mol. The van der Waals surface area contributed by atoms with Gasteiger partial charge in [-0.2, -0.15) is 12.6 Å². The van der Waals surface area contributed by atoms with Gasteiger partial charge in [-0.25, -0.2) is 0 Å². The average molecular weight is 269 g/mol. The van der Waals surface area contributed by atoms with Crippen LogP contribution in [0.25, 0.3) is 0 Å². The maximum absolute atomic E-state index is 10.8. The Balaban J connectivity index is 2.70. The Bertz CT molecular complexity index is 354. The van der Waals surface area contributed by atoms with Gasteiger partial charge in [-0.05, 0) is 38.3 Å². The van der Waals surface area contributed by atoms with E-state index in [2.05, 4.69) is 16.0 Å². The Hall–Kier alpha value is -0.810. The van der Waals surface area contributed by atoms with E-state index in [0.717, 1.165) is 37.9 Å². The first-order chi connectivity index (χ1) is 8.54. The molecule has 0 radical (unpaired) electrons. The molecule has 1 amide bonds. The van der Waals surface area contributed by atoms with E-state index in [1.807, 2.05) is 13.1 Å². The molecule has 0 aliphatic carbocycles. The SMILES string of the molecule is C/C=C(\C=N/C)C1(S)CCCN1CCCC(N)=O. The van der Waals surface area contributed by atoms with Crippen LogP contribution in [0.2, 0.25) is 0 Å². The largest absolute Gasteiger partial charge is 0.370 e. The maximum Gasteiger partial charge on any atom is 0.217 e. The fourth-order valence-corrected chi connectivity index (χ4v) is 3.02. The summed E-state index contributed by atoms with van der Waals surface area (Å²) in [5.74, 6) is -0.236. The van der Waals surface area contributed by atoms with Gasteiger partial charge in [0.25, 0.3) is 0 Å². The molecule has 1 aliphatic rings. The molecule has 5 heteroatoms. The highest BCUT2D eigenvalue weighted by Gasteiger charge is 2.39. The van der Waals surface area contributed by atoms with Gasteiger partial charge in [0.05, 0.1) is 4.87 Å². The lowest BCUT2D eigenvalue weighted by Crippen LogP contribution is -2.41. The Kier molecular flexibility index (Phi) is 5.88. The lowest BCUT2D eigenvalue weighted by molar-refractivity contribution is -0.118. The minimum Gasteiger partial charge on any atom is -0.370 e. The zero-order valence-electron chi connectivity index (χ0n) is 11.2. The summed E-state index contributed by atoms with van der Waals surface area (Å²) in [6, 6.07) is 0. The lowest BCUT2D eigenvalue weighted by atomic mass is 10.0. The van der Waals surface area contributed by atoms with Crippen molar-refractivity contribution in [1.82, 2.24) is 4.90 Å². The van der Waals surface area contributed by atoms with Crippen molar-refractivity contribution < 1.29 is 4.79 Å². The van der Waals surface area contributed by atoms with Crippen molar-refractivity contribution >= 4 is 24.8 Å². The number of rotatable bonds is 6. The van der Waals surface area contributed by atoms with E-state index < -0.39 is 0 Å². The molecule has 0 aromatic rings. The number of allylic oxidation sites excluding steroid dienone is 1. The van der Waals surface area contributed by atoms with E-state index in [0.29, 0.717) is 6.42 Å². The number of carbonyl (C=O) groups excluding carboxylic acids is 1. The summed E-state index contributed by atoms with van der Waals surface area (Å²) in [6.07, 6.45) is 7.30. The van der Waals surface area contributed by atoms with Crippen LogP contribution in [0.4, 0.5) is 0 Å². The number of hydrogen-bond acceptors (Lipinski definition) is 4. The summed E-state index contributed by atoms with van der Waals surface area (Å²) in [6.45, 7) is 3.87. The number of amides is 1. The van der Waals surface area contributed by atoms with E-state index in [4.69, 9.17) is 18.4 Å². The number of likely N-dealkylation sites (tertiary alicyclic amines) is 1. The predicted octanol–water partition coefficient (Wildman–Crippen LogP) is 1.62. The number of nitrogens with zero attached hydrogens (tertiary/aromatic N) is 2. The molecule has 1 aliphatic heterocycles. The highest BCUT2D eigenvalue weighted by atomic mass is 32.1. The number of carbonyl (C=O) groups is 1. The third-order valence-corrected chi connectivity index (χ3v) is 4.13. The normalized spacial score (nSPS) is 26.1. The Morgan fingerprint density at radius 1 is 1.61 bits per heavy atom. The second-order valence-corrected chi connectivity index (χ2v) is 5.35. The highest BCUT2D eigenvalue weighted by molar-refractivity contribution is 7.82. The van der Waals surface area contributed by atoms with Crippen LogP contribution in [0.3, 0.4) is 0 Å². The highest BCUT2D eigenvalue weighted by Crippen LogP contribution is 2.38. The number of nitrogens with two attached hydrogens (primary N) is 1. The van der Waals surface area contributed by atoms with Crippen molar-refractivity contribution in [3.8, 4) is 0 Å². The third-order valence-electron chi connectivity index (χ3n) is 3.37. The number of thiol groups is 1. The molecule has 1 saturated heterocycles. The molecule has 18 heavy (non-hydrogen) atoms. The van der Waals surface area contributed by atoms with Crippen LogP contribution in [0.1, 0.15) is 32.6 Å². The second kappa shape index (κ2) is 6.95. The zero-order valence-corrected chi connectivity index (χ0v) is 12.1. The van der Waals surface area contributed by atoms with Crippen molar-refractivity contribution in [2.75, 3.05) is 20.1 Å². The van der Waals surface area contributed by atoms with Gasteiger partial charge in [-0.1, -0.05) is 6.08 Å². The quantitative estimate of drug-likeness (QED) is 0.568. The summed E-state index contributed by atoms with van der Waals surface area (Å²) in [5.41, 5.74) is 6.30. The van der Waals surface area contributed by atoms with Gasteiger partial charge in [0.2, 0.25) is 5.91 Å². The molecule has 0 bridgehead atoms. The molecule has 4 nitrogen and oxygen atoms in total. The standard InChI is InChI=1S/C13H23N3OS/c1-3-11(10-15-2)13(18)7-5-9-16(13)8-4-6-12(14)17/h3,10,18H,4-9H2,1-2H3,(H2,14,17)/b11-3+,15-10-. The van der Waals surface area contributed by atoms with Gasteiger partial charge in [-0.3, -0.25) is 14.7 Å². The van der Waals surface area contributed by atoms with E-state index >= 15 is 0 Å². The van der Waals surface area contributed by atoms with Gasteiger partial charge >= 0.3 is 0 Å². The van der Waals surface area contributed by atoms with Crippen LogP contribution in [-0.2, 0) is 4.79 Å². The first-order valence-corrected chi connectivity index (χ1v) is 6.84. The second-order valence-electron chi connectivity index (χ2n) is 4.61. The molecule has 1 rings (SSSR count). The van der Waals surface area contributed by atoms with Crippen molar-refractivity contribution in [3.05, 3.63) is 11.6 Å². The maximum atomic E-state index is 10.8. The van der Waals surface area contributed by atoms with E-state index in [-0.39, 0.29) is 10.8 Å². The minimum atomic E-state index is -0.244. The van der Waals surface area contributed by atoms with Crippen LogP contribution >= 0.6 is 12.6 Å². The Labute approximate surface area is 115 Å². The molecular weight excluding hydrogens is 246 g/mol. The van der Waals surface area contributed by atoms with Crippen LogP contribution in [-0.4, -0.2) is 42.0 Å². The summed E-state index contributed by atoms with van der Waals surface area (Å²) < 4.78 is 0. The number of primary amides is 1. The molecule has 1 heterocycles. The monoisotopic (exact) mass is 269 g/mol. The molecule has 1 fully saturated rings. The van der Waals surface area contributed by atoms with Crippen molar-refractivity contribution in [2.24, 2.45) is 10.7 Å². The smallest absolute Gasteiger partial charge is 0.217 e. The molecular formula is C13H23N3OS. The van der Waals surface area contributed by atoms with Crippen LogP contribution < -0.4 is 5.73 Å². The van der Waals surface area contributed by atoms with Crippen molar-refractivity contribution in [2.45, 2.75) is 37.5 Å².